The Morgan fingerprint density at radius 1 is 1.40 bits per heavy atom. The number of nitrogens with zero attached hydrogens (tertiary/aromatic N) is 3. The van der Waals surface area contributed by atoms with Gasteiger partial charge in [-0.1, -0.05) is 13.8 Å². The van der Waals surface area contributed by atoms with Crippen LogP contribution >= 0.6 is 0 Å². The van der Waals surface area contributed by atoms with Crippen molar-refractivity contribution < 1.29 is 9.90 Å². The number of nitrogens with one attached hydrogen (secondary N) is 1. The zero-order chi connectivity index (χ0) is 14.8. The lowest BCUT2D eigenvalue weighted by Crippen LogP contribution is -2.36. The van der Waals surface area contributed by atoms with Gasteiger partial charge in [-0.25, -0.2) is 0 Å². The summed E-state index contributed by atoms with van der Waals surface area (Å²) in [6.45, 7) is 4.21. The number of hydrogen-bond donors (Lipinski definition) is 2. The molecule has 0 spiro atoms. The molecule has 0 fully saturated rings. The molecular weight excluding hydrogens is 256 g/mol. The molecule has 0 unspecified atom stereocenters. The van der Waals surface area contributed by atoms with Crippen molar-refractivity contribution in [2.75, 3.05) is 13.2 Å². The quantitative estimate of drug-likeness (QED) is 0.854. The molecule has 0 saturated heterocycles. The monoisotopic (exact) mass is 276 g/mol. The van der Waals surface area contributed by atoms with Gasteiger partial charge in [-0.3, -0.25) is 9.48 Å². The van der Waals surface area contributed by atoms with Gasteiger partial charge in [-0.05, 0) is 12.1 Å². The molecule has 6 heteroatoms. The van der Waals surface area contributed by atoms with Crippen molar-refractivity contribution in [3.8, 4) is 5.82 Å². The first-order valence-corrected chi connectivity index (χ1v) is 6.49. The van der Waals surface area contributed by atoms with Crippen LogP contribution in [0, 0.1) is 5.41 Å². The molecule has 2 N–H and O–H groups in total. The van der Waals surface area contributed by atoms with Gasteiger partial charge >= 0.3 is 0 Å². The third kappa shape index (κ3) is 2.91. The van der Waals surface area contributed by atoms with Crippen molar-refractivity contribution in [3.05, 3.63) is 36.3 Å². The van der Waals surface area contributed by atoms with Crippen LogP contribution in [0.5, 0.6) is 0 Å². The van der Waals surface area contributed by atoms with Gasteiger partial charge in [0.1, 0.15) is 11.4 Å². The SMILES string of the molecule is Cn1ncc(C(=O)NCC(C)(C)CO)c1-n1cccc1. The number of aliphatic hydroxyl groups excluding tert-OH is 1. The summed E-state index contributed by atoms with van der Waals surface area (Å²) < 4.78 is 3.51. The molecule has 0 aliphatic carbocycles. The molecule has 6 nitrogen and oxygen atoms in total. The highest BCUT2D eigenvalue weighted by molar-refractivity contribution is 5.97. The van der Waals surface area contributed by atoms with Crippen molar-refractivity contribution in [2.45, 2.75) is 13.8 Å². The summed E-state index contributed by atoms with van der Waals surface area (Å²) in [5, 5.41) is 16.2. The van der Waals surface area contributed by atoms with Gasteiger partial charge in [0, 0.05) is 38.0 Å². The summed E-state index contributed by atoms with van der Waals surface area (Å²) in [5.41, 5.74) is 0.170. The minimum Gasteiger partial charge on any atom is -0.396 e. The van der Waals surface area contributed by atoms with Gasteiger partial charge in [0.05, 0.1) is 6.20 Å². The highest BCUT2D eigenvalue weighted by atomic mass is 16.3. The second-order valence-corrected chi connectivity index (χ2v) is 5.60. The Kier molecular flexibility index (Phi) is 3.94. The van der Waals surface area contributed by atoms with E-state index in [9.17, 15) is 9.90 Å². The third-order valence-corrected chi connectivity index (χ3v) is 3.16. The van der Waals surface area contributed by atoms with Crippen LogP contribution in [-0.4, -0.2) is 38.5 Å². The zero-order valence-corrected chi connectivity index (χ0v) is 12.0. The second kappa shape index (κ2) is 5.50. The zero-order valence-electron chi connectivity index (χ0n) is 12.0. The number of rotatable bonds is 5. The normalized spacial score (nSPS) is 11.6. The first kappa shape index (κ1) is 14.3. The fraction of sp³-hybridized carbons (Fsp3) is 0.429. The largest absolute Gasteiger partial charge is 0.396 e. The van der Waals surface area contributed by atoms with Crippen molar-refractivity contribution in [3.63, 3.8) is 0 Å². The molecule has 2 aromatic rings. The van der Waals surface area contributed by atoms with Crippen LogP contribution in [-0.2, 0) is 7.05 Å². The van der Waals surface area contributed by atoms with Crippen LogP contribution in [0.25, 0.3) is 5.82 Å². The van der Waals surface area contributed by atoms with Crippen LogP contribution in [0.1, 0.15) is 24.2 Å². The first-order valence-electron chi connectivity index (χ1n) is 6.49. The van der Waals surface area contributed by atoms with Crippen LogP contribution in [0.4, 0.5) is 0 Å². The smallest absolute Gasteiger partial charge is 0.256 e. The molecule has 0 aliphatic rings. The maximum Gasteiger partial charge on any atom is 0.256 e. The van der Waals surface area contributed by atoms with E-state index < -0.39 is 0 Å². The molecule has 2 heterocycles. The Labute approximate surface area is 118 Å². The lowest BCUT2D eigenvalue weighted by atomic mass is 9.95. The minimum absolute atomic E-state index is 0.0186. The topological polar surface area (TPSA) is 72.1 Å². The predicted octanol–water partition coefficient (Wildman–Crippen LogP) is 0.959. The van der Waals surface area contributed by atoms with E-state index in [0.717, 1.165) is 0 Å². The molecule has 0 saturated carbocycles. The predicted molar refractivity (Wildman–Crippen MR) is 75.7 cm³/mol. The Bertz CT molecular complexity index is 584. The highest BCUT2D eigenvalue weighted by Crippen LogP contribution is 2.15. The summed E-state index contributed by atoms with van der Waals surface area (Å²) in [5.74, 6) is 0.526. The van der Waals surface area contributed by atoms with Gasteiger partial charge in [0.25, 0.3) is 5.91 Å². The maximum absolute atomic E-state index is 12.3. The summed E-state index contributed by atoms with van der Waals surface area (Å²) >= 11 is 0. The number of carbonyl (C=O) groups is 1. The van der Waals surface area contributed by atoms with Crippen LogP contribution < -0.4 is 5.32 Å². The maximum atomic E-state index is 12.3. The molecule has 0 aromatic carbocycles. The molecule has 2 aromatic heterocycles. The van der Waals surface area contributed by atoms with Crippen LogP contribution in [0.3, 0.4) is 0 Å². The summed E-state index contributed by atoms with van der Waals surface area (Å²) in [6.07, 6.45) is 5.29. The van der Waals surface area contributed by atoms with E-state index in [1.54, 1.807) is 17.9 Å². The summed E-state index contributed by atoms with van der Waals surface area (Å²) in [7, 11) is 1.80. The van der Waals surface area contributed by atoms with Crippen molar-refractivity contribution >= 4 is 5.91 Å². The number of aliphatic hydroxyl groups is 1. The molecule has 2 rings (SSSR count). The van der Waals surface area contributed by atoms with E-state index >= 15 is 0 Å². The molecule has 108 valence electrons. The summed E-state index contributed by atoms with van der Waals surface area (Å²) in [4.78, 5) is 12.3. The van der Waals surface area contributed by atoms with Gasteiger partial charge in [-0.15, -0.1) is 0 Å². The Morgan fingerprint density at radius 3 is 2.65 bits per heavy atom. The van der Waals surface area contributed by atoms with E-state index in [4.69, 9.17) is 0 Å². The molecule has 1 amide bonds. The van der Waals surface area contributed by atoms with Crippen molar-refractivity contribution in [1.82, 2.24) is 19.7 Å². The molecule has 0 radical (unpaired) electrons. The average molecular weight is 276 g/mol. The minimum atomic E-state index is -0.342. The first-order chi connectivity index (χ1) is 9.44. The lowest BCUT2D eigenvalue weighted by molar-refractivity contribution is 0.0911. The highest BCUT2D eigenvalue weighted by Gasteiger charge is 2.21. The molecule has 0 bridgehead atoms. The molecule has 20 heavy (non-hydrogen) atoms. The fourth-order valence-electron chi connectivity index (χ4n) is 1.84. The van der Waals surface area contributed by atoms with Gasteiger partial charge in [-0.2, -0.15) is 5.10 Å². The number of amides is 1. The van der Waals surface area contributed by atoms with E-state index in [1.807, 2.05) is 42.9 Å². The Balaban J connectivity index is 2.20. The van der Waals surface area contributed by atoms with Crippen LogP contribution in [0.15, 0.2) is 30.7 Å². The van der Waals surface area contributed by atoms with Crippen LogP contribution in [0.2, 0.25) is 0 Å². The average Bonchev–Trinajstić information content (AvgIpc) is 3.05. The Morgan fingerprint density at radius 2 is 2.05 bits per heavy atom. The second-order valence-electron chi connectivity index (χ2n) is 5.60. The van der Waals surface area contributed by atoms with Gasteiger partial charge < -0.3 is 15.0 Å². The molecule has 0 atom stereocenters. The van der Waals surface area contributed by atoms with E-state index in [-0.39, 0.29) is 17.9 Å². The molecule has 0 aliphatic heterocycles. The number of carbonyl (C=O) groups excluding carboxylic acids is 1. The van der Waals surface area contributed by atoms with Gasteiger partial charge in [0.2, 0.25) is 0 Å². The van der Waals surface area contributed by atoms with E-state index in [2.05, 4.69) is 10.4 Å². The number of aryl methyl sites for hydroxylation is 1. The summed E-state index contributed by atoms with van der Waals surface area (Å²) in [6, 6.07) is 3.78. The third-order valence-electron chi connectivity index (χ3n) is 3.16. The number of aromatic nitrogens is 3. The fourth-order valence-corrected chi connectivity index (χ4v) is 1.84. The Hall–Kier alpha value is -2.08. The standard InChI is InChI=1S/C14H20N4O2/c1-14(2,10-19)9-15-12(20)11-8-16-17(3)13(11)18-6-4-5-7-18/h4-8,19H,9-10H2,1-3H3,(H,15,20). The van der Waals surface area contributed by atoms with E-state index in [1.165, 1.54) is 0 Å². The van der Waals surface area contributed by atoms with Gasteiger partial charge in [0.15, 0.2) is 0 Å². The van der Waals surface area contributed by atoms with Crippen molar-refractivity contribution in [2.24, 2.45) is 12.5 Å². The number of hydrogen-bond acceptors (Lipinski definition) is 3. The van der Waals surface area contributed by atoms with E-state index in [0.29, 0.717) is 17.9 Å². The molecular formula is C14H20N4O2. The lowest BCUT2D eigenvalue weighted by Gasteiger charge is -2.21. The van der Waals surface area contributed by atoms with Crippen molar-refractivity contribution in [1.29, 1.82) is 0 Å².